The summed E-state index contributed by atoms with van der Waals surface area (Å²) in [5, 5.41) is 0. The molecular formula is C16H26N2O2S. The van der Waals surface area contributed by atoms with E-state index in [2.05, 4.69) is 16.5 Å². The van der Waals surface area contributed by atoms with E-state index < -0.39 is 10.0 Å². The minimum atomic E-state index is -3.21. The molecule has 1 heterocycles. The lowest BCUT2D eigenvalue weighted by molar-refractivity contribution is 0.447. The van der Waals surface area contributed by atoms with Crippen molar-refractivity contribution in [3.63, 3.8) is 0 Å². The van der Waals surface area contributed by atoms with Gasteiger partial charge in [0.1, 0.15) is 0 Å². The van der Waals surface area contributed by atoms with Gasteiger partial charge < -0.3 is 4.90 Å². The third kappa shape index (κ3) is 4.92. The van der Waals surface area contributed by atoms with Crippen LogP contribution < -0.4 is 9.62 Å². The molecule has 4 nitrogen and oxygen atoms in total. The van der Waals surface area contributed by atoms with Crippen LogP contribution in [0.4, 0.5) is 11.4 Å². The standard InChI is InChI=1S/C16H26N2O2S/c1-3-4-12-21(19,20)17-15-7-9-16(10-8-15)18-11-5-6-14(2)13-18/h7-10,14,17H,3-6,11-13H2,1-2H3. The zero-order valence-corrected chi connectivity index (χ0v) is 13.8. The first-order chi connectivity index (χ1) is 10.00. The Labute approximate surface area is 128 Å². The number of nitrogens with zero attached hydrogens (tertiary/aromatic N) is 1. The third-order valence-corrected chi connectivity index (χ3v) is 5.30. The predicted molar refractivity (Wildman–Crippen MR) is 89.4 cm³/mol. The van der Waals surface area contributed by atoms with E-state index in [0.717, 1.165) is 25.4 Å². The Morgan fingerprint density at radius 3 is 2.62 bits per heavy atom. The summed E-state index contributed by atoms with van der Waals surface area (Å²) in [6, 6.07) is 7.74. The van der Waals surface area contributed by atoms with E-state index in [1.807, 2.05) is 31.2 Å². The van der Waals surface area contributed by atoms with Gasteiger partial charge in [0.15, 0.2) is 0 Å². The van der Waals surface area contributed by atoms with Gasteiger partial charge >= 0.3 is 0 Å². The number of anilines is 2. The molecule has 1 fully saturated rings. The van der Waals surface area contributed by atoms with Crippen LogP contribution in [0.3, 0.4) is 0 Å². The molecule has 1 saturated heterocycles. The Hall–Kier alpha value is -1.23. The molecule has 0 radical (unpaired) electrons. The molecule has 1 aliphatic heterocycles. The fourth-order valence-electron chi connectivity index (χ4n) is 2.73. The second-order valence-corrected chi connectivity index (χ2v) is 7.86. The Bertz CT molecular complexity index is 540. The molecule has 0 saturated carbocycles. The van der Waals surface area contributed by atoms with Gasteiger partial charge in [-0.2, -0.15) is 0 Å². The lowest BCUT2D eigenvalue weighted by Gasteiger charge is -2.32. The van der Waals surface area contributed by atoms with E-state index in [9.17, 15) is 8.42 Å². The summed E-state index contributed by atoms with van der Waals surface area (Å²) in [7, 11) is -3.21. The van der Waals surface area contributed by atoms with Crippen LogP contribution in [0.5, 0.6) is 0 Å². The van der Waals surface area contributed by atoms with Gasteiger partial charge in [-0.25, -0.2) is 8.42 Å². The number of piperidine rings is 1. The van der Waals surface area contributed by atoms with Crippen molar-refractivity contribution in [2.45, 2.75) is 39.5 Å². The number of hydrogen-bond acceptors (Lipinski definition) is 3. The molecule has 0 aliphatic carbocycles. The Morgan fingerprint density at radius 1 is 1.29 bits per heavy atom. The molecule has 0 aromatic heterocycles. The Balaban J connectivity index is 1.98. The molecule has 1 aromatic carbocycles. The molecule has 0 spiro atoms. The van der Waals surface area contributed by atoms with Crippen LogP contribution in [0.1, 0.15) is 39.5 Å². The highest BCUT2D eigenvalue weighted by Gasteiger charge is 2.16. The lowest BCUT2D eigenvalue weighted by atomic mass is 10.00. The quantitative estimate of drug-likeness (QED) is 0.875. The zero-order valence-electron chi connectivity index (χ0n) is 13.0. The number of hydrogen-bond donors (Lipinski definition) is 1. The molecule has 5 heteroatoms. The topological polar surface area (TPSA) is 49.4 Å². The van der Waals surface area contributed by atoms with Gasteiger partial charge in [-0.05, 0) is 49.4 Å². The number of unbranched alkanes of at least 4 members (excludes halogenated alkanes) is 1. The van der Waals surface area contributed by atoms with Crippen molar-refractivity contribution in [1.82, 2.24) is 0 Å². The van der Waals surface area contributed by atoms with Crippen LogP contribution in [-0.2, 0) is 10.0 Å². The van der Waals surface area contributed by atoms with Gasteiger partial charge in [-0.1, -0.05) is 20.3 Å². The van der Waals surface area contributed by atoms with E-state index in [0.29, 0.717) is 12.1 Å². The van der Waals surface area contributed by atoms with Crippen molar-refractivity contribution < 1.29 is 8.42 Å². The van der Waals surface area contributed by atoms with E-state index >= 15 is 0 Å². The maximum Gasteiger partial charge on any atom is 0.232 e. The average Bonchev–Trinajstić information content (AvgIpc) is 2.46. The summed E-state index contributed by atoms with van der Waals surface area (Å²) < 4.78 is 26.4. The molecule has 0 bridgehead atoms. The van der Waals surface area contributed by atoms with Gasteiger partial charge in [-0.3, -0.25) is 4.72 Å². The molecule has 0 amide bonds. The Morgan fingerprint density at radius 2 is 2.00 bits per heavy atom. The van der Waals surface area contributed by atoms with Gasteiger partial charge in [0.2, 0.25) is 10.0 Å². The largest absolute Gasteiger partial charge is 0.371 e. The molecule has 1 N–H and O–H groups in total. The van der Waals surface area contributed by atoms with Crippen molar-refractivity contribution in [3.8, 4) is 0 Å². The average molecular weight is 310 g/mol. The number of rotatable bonds is 6. The SMILES string of the molecule is CCCCS(=O)(=O)Nc1ccc(N2CCCC(C)C2)cc1. The maximum atomic E-state index is 11.9. The zero-order chi connectivity index (χ0) is 15.3. The van der Waals surface area contributed by atoms with Gasteiger partial charge in [0, 0.05) is 24.5 Å². The summed E-state index contributed by atoms with van der Waals surface area (Å²) in [6.07, 6.45) is 4.10. The highest BCUT2D eigenvalue weighted by Crippen LogP contribution is 2.24. The molecule has 1 aliphatic rings. The fourth-order valence-corrected chi connectivity index (χ4v) is 4.00. The van der Waals surface area contributed by atoms with Gasteiger partial charge in [0.05, 0.1) is 5.75 Å². The monoisotopic (exact) mass is 310 g/mol. The van der Waals surface area contributed by atoms with Crippen molar-refractivity contribution in [1.29, 1.82) is 0 Å². The number of benzene rings is 1. The second kappa shape index (κ2) is 7.16. The van der Waals surface area contributed by atoms with Crippen LogP contribution in [0, 0.1) is 5.92 Å². The van der Waals surface area contributed by atoms with Crippen molar-refractivity contribution in [2.75, 3.05) is 28.5 Å². The third-order valence-electron chi connectivity index (χ3n) is 3.93. The lowest BCUT2D eigenvalue weighted by Crippen LogP contribution is -2.34. The van der Waals surface area contributed by atoms with Crippen LogP contribution in [0.25, 0.3) is 0 Å². The number of nitrogens with one attached hydrogen (secondary N) is 1. The predicted octanol–water partition coefficient (Wildman–Crippen LogP) is 3.46. The molecular weight excluding hydrogens is 284 g/mol. The summed E-state index contributed by atoms with van der Waals surface area (Å²) in [4.78, 5) is 2.38. The molecule has 1 atom stereocenters. The van der Waals surface area contributed by atoms with Gasteiger partial charge in [0.25, 0.3) is 0 Å². The van der Waals surface area contributed by atoms with Crippen LogP contribution in [0.15, 0.2) is 24.3 Å². The summed E-state index contributed by atoms with van der Waals surface area (Å²) >= 11 is 0. The van der Waals surface area contributed by atoms with E-state index in [4.69, 9.17) is 0 Å². The molecule has 1 unspecified atom stereocenters. The molecule has 1 aromatic rings. The smallest absolute Gasteiger partial charge is 0.232 e. The first-order valence-electron chi connectivity index (χ1n) is 7.85. The Kier molecular flexibility index (Phi) is 5.51. The highest BCUT2D eigenvalue weighted by atomic mass is 32.2. The van der Waals surface area contributed by atoms with Crippen molar-refractivity contribution in [3.05, 3.63) is 24.3 Å². The molecule has 2 rings (SSSR count). The minimum absolute atomic E-state index is 0.189. The minimum Gasteiger partial charge on any atom is -0.371 e. The van der Waals surface area contributed by atoms with Crippen LogP contribution in [-0.4, -0.2) is 27.3 Å². The van der Waals surface area contributed by atoms with Crippen molar-refractivity contribution in [2.24, 2.45) is 5.92 Å². The van der Waals surface area contributed by atoms with Crippen molar-refractivity contribution >= 4 is 21.4 Å². The maximum absolute atomic E-state index is 11.9. The summed E-state index contributed by atoms with van der Waals surface area (Å²) in [6.45, 7) is 6.44. The first-order valence-corrected chi connectivity index (χ1v) is 9.51. The van der Waals surface area contributed by atoms with E-state index in [1.165, 1.54) is 18.5 Å². The van der Waals surface area contributed by atoms with Crippen LogP contribution in [0.2, 0.25) is 0 Å². The normalized spacial score (nSPS) is 19.5. The summed E-state index contributed by atoms with van der Waals surface area (Å²) in [5.41, 5.74) is 1.83. The van der Waals surface area contributed by atoms with E-state index in [1.54, 1.807) is 0 Å². The summed E-state index contributed by atoms with van der Waals surface area (Å²) in [5.74, 6) is 0.917. The molecule has 118 valence electrons. The van der Waals surface area contributed by atoms with Crippen LogP contribution >= 0.6 is 0 Å². The first kappa shape index (κ1) is 16.1. The second-order valence-electron chi connectivity index (χ2n) is 6.01. The fraction of sp³-hybridized carbons (Fsp3) is 0.625. The number of sulfonamides is 1. The van der Waals surface area contributed by atoms with E-state index in [-0.39, 0.29) is 5.75 Å². The highest BCUT2D eigenvalue weighted by molar-refractivity contribution is 7.92. The molecule has 21 heavy (non-hydrogen) atoms. The van der Waals surface area contributed by atoms with Gasteiger partial charge in [-0.15, -0.1) is 0 Å².